The molecule has 0 unspecified atom stereocenters. The van der Waals surface area contributed by atoms with Gasteiger partial charge in [-0.1, -0.05) is 0 Å². The standard InChI is InChI=1S/C6H13NO4.ClH/c8-2-3-5(10)6(11)4(9)1-7-3;/h3-11H,1-2H2;1H/t3-,4-,5-,6-;/m0./s1. The van der Waals surface area contributed by atoms with E-state index in [0.29, 0.717) is 0 Å². The summed E-state index contributed by atoms with van der Waals surface area (Å²) in [5, 5.41) is 38.6. The van der Waals surface area contributed by atoms with E-state index in [0.717, 1.165) is 0 Å². The van der Waals surface area contributed by atoms with Crippen LogP contribution in [0.15, 0.2) is 0 Å². The second kappa shape index (κ2) is 4.96. The molecule has 6 heteroatoms. The molecule has 0 aliphatic carbocycles. The van der Waals surface area contributed by atoms with Gasteiger partial charge in [-0.25, -0.2) is 0 Å². The van der Waals surface area contributed by atoms with Gasteiger partial charge in [0.1, 0.15) is 6.10 Å². The van der Waals surface area contributed by atoms with E-state index >= 15 is 0 Å². The van der Waals surface area contributed by atoms with Crippen LogP contribution in [0.3, 0.4) is 0 Å². The SMILES string of the molecule is Cl.OC[C@@H]1NC[C@H](O)[C@H](O)[C@H]1O. The molecule has 1 heterocycles. The van der Waals surface area contributed by atoms with Gasteiger partial charge in [-0.05, 0) is 0 Å². The van der Waals surface area contributed by atoms with Gasteiger partial charge in [0.15, 0.2) is 0 Å². The van der Waals surface area contributed by atoms with Crippen molar-refractivity contribution < 1.29 is 20.4 Å². The average molecular weight is 200 g/mol. The van der Waals surface area contributed by atoms with Crippen LogP contribution in [0.25, 0.3) is 0 Å². The molecule has 12 heavy (non-hydrogen) atoms. The predicted molar refractivity (Wildman–Crippen MR) is 44.1 cm³/mol. The van der Waals surface area contributed by atoms with Gasteiger partial charge in [0.2, 0.25) is 0 Å². The van der Waals surface area contributed by atoms with Crippen LogP contribution in [0.5, 0.6) is 0 Å². The number of halogens is 1. The summed E-state index contributed by atoms with van der Waals surface area (Å²) in [5.41, 5.74) is 0. The van der Waals surface area contributed by atoms with E-state index in [4.69, 9.17) is 15.3 Å². The fourth-order valence-electron chi connectivity index (χ4n) is 1.15. The molecule has 0 aromatic heterocycles. The molecule has 0 bridgehead atoms. The Hall–Kier alpha value is 0.0900. The number of aliphatic hydroxyl groups is 4. The monoisotopic (exact) mass is 199 g/mol. The Bertz CT molecular complexity index is 135. The first-order valence-electron chi connectivity index (χ1n) is 3.55. The maximum Gasteiger partial charge on any atom is 0.109 e. The molecule has 0 aromatic carbocycles. The Morgan fingerprint density at radius 1 is 1.17 bits per heavy atom. The molecule has 5 nitrogen and oxygen atoms in total. The Labute approximate surface area is 76.4 Å². The van der Waals surface area contributed by atoms with E-state index in [2.05, 4.69) is 5.32 Å². The van der Waals surface area contributed by atoms with Crippen molar-refractivity contribution in [2.24, 2.45) is 0 Å². The molecule has 1 aliphatic heterocycles. The molecule has 4 atom stereocenters. The summed E-state index contributed by atoms with van der Waals surface area (Å²) in [6, 6.07) is -0.534. The Morgan fingerprint density at radius 3 is 2.25 bits per heavy atom. The van der Waals surface area contributed by atoms with Crippen molar-refractivity contribution in [1.29, 1.82) is 0 Å². The molecule has 0 amide bonds. The van der Waals surface area contributed by atoms with Crippen molar-refractivity contribution in [2.45, 2.75) is 24.4 Å². The maximum absolute atomic E-state index is 9.18. The number of rotatable bonds is 1. The van der Waals surface area contributed by atoms with Crippen LogP contribution in [-0.2, 0) is 0 Å². The second-order valence-electron chi connectivity index (χ2n) is 2.75. The minimum Gasteiger partial charge on any atom is -0.395 e. The van der Waals surface area contributed by atoms with Crippen LogP contribution in [0.4, 0.5) is 0 Å². The quantitative estimate of drug-likeness (QED) is 0.321. The number of nitrogens with one attached hydrogen (secondary N) is 1. The summed E-state index contributed by atoms with van der Waals surface area (Å²) in [7, 11) is 0. The third-order valence-corrected chi connectivity index (χ3v) is 1.94. The normalized spacial score (nSPS) is 42.0. The Kier molecular flexibility index (Phi) is 5.00. The lowest BCUT2D eigenvalue weighted by molar-refractivity contribution is -0.101. The molecular formula is C6H14ClNO4. The minimum atomic E-state index is -1.16. The number of β-amino-alcohol motifs (C(OH)–C–C–N with tert-alkyl or cyclic N) is 1. The first-order valence-corrected chi connectivity index (χ1v) is 3.55. The van der Waals surface area contributed by atoms with Crippen molar-refractivity contribution in [1.82, 2.24) is 5.32 Å². The van der Waals surface area contributed by atoms with E-state index in [1.807, 2.05) is 0 Å². The maximum atomic E-state index is 9.18. The van der Waals surface area contributed by atoms with E-state index in [1.54, 1.807) is 0 Å². The van der Waals surface area contributed by atoms with E-state index in [1.165, 1.54) is 0 Å². The highest BCUT2D eigenvalue weighted by molar-refractivity contribution is 5.85. The highest BCUT2D eigenvalue weighted by Crippen LogP contribution is 2.09. The number of hydrogen-bond acceptors (Lipinski definition) is 5. The van der Waals surface area contributed by atoms with Crippen LogP contribution in [0.2, 0.25) is 0 Å². The number of aliphatic hydroxyl groups excluding tert-OH is 4. The molecule has 5 N–H and O–H groups in total. The molecule has 0 radical (unpaired) electrons. The van der Waals surface area contributed by atoms with E-state index in [9.17, 15) is 5.11 Å². The molecule has 0 aromatic rings. The molecule has 0 spiro atoms. The van der Waals surface area contributed by atoms with Crippen molar-refractivity contribution in [3.63, 3.8) is 0 Å². The molecule has 1 saturated heterocycles. The van der Waals surface area contributed by atoms with Crippen molar-refractivity contribution >= 4 is 12.4 Å². The molecule has 74 valence electrons. The fourth-order valence-corrected chi connectivity index (χ4v) is 1.15. The summed E-state index contributed by atoms with van der Waals surface area (Å²) in [6.45, 7) is -0.0472. The van der Waals surface area contributed by atoms with Gasteiger partial charge in [-0.2, -0.15) is 0 Å². The van der Waals surface area contributed by atoms with Gasteiger partial charge in [0, 0.05) is 6.54 Å². The lowest BCUT2D eigenvalue weighted by Gasteiger charge is -2.34. The van der Waals surface area contributed by atoms with Crippen LogP contribution in [0.1, 0.15) is 0 Å². The summed E-state index contributed by atoms with van der Waals surface area (Å²) < 4.78 is 0. The van der Waals surface area contributed by atoms with Gasteiger partial charge in [0.25, 0.3) is 0 Å². The lowest BCUT2D eigenvalue weighted by Crippen LogP contribution is -2.60. The third kappa shape index (κ3) is 2.29. The molecule has 0 saturated carbocycles. The van der Waals surface area contributed by atoms with Gasteiger partial charge in [0.05, 0.1) is 24.9 Å². The highest BCUT2D eigenvalue weighted by atomic mass is 35.5. The molecule has 1 rings (SSSR count). The minimum absolute atomic E-state index is 0. The fraction of sp³-hybridized carbons (Fsp3) is 1.00. The summed E-state index contributed by atoms with van der Waals surface area (Å²) >= 11 is 0. The zero-order valence-corrected chi connectivity index (χ0v) is 7.24. The van der Waals surface area contributed by atoms with E-state index in [-0.39, 0.29) is 25.6 Å². The predicted octanol–water partition coefficient (Wildman–Crippen LogP) is -2.54. The van der Waals surface area contributed by atoms with Crippen molar-refractivity contribution in [3.05, 3.63) is 0 Å². The Balaban J connectivity index is 0.00000121. The zero-order chi connectivity index (χ0) is 8.43. The van der Waals surface area contributed by atoms with Crippen LogP contribution >= 0.6 is 12.4 Å². The zero-order valence-electron chi connectivity index (χ0n) is 6.42. The smallest absolute Gasteiger partial charge is 0.109 e. The van der Waals surface area contributed by atoms with Gasteiger partial charge < -0.3 is 25.7 Å². The number of hydrogen-bond donors (Lipinski definition) is 5. The van der Waals surface area contributed by atoms with Crippen molar-refractivity contribution in [3.8, 4) is 0 Å². The van der Waals surface area contributed by atoms with Crippen LogP contribution in [-0.4, -0.2) is 57.9 Å². The Morgan fingerprint density at radius 2 is 1.75 bits per heavy atom. The third-order valence-electron chi connectivity index (χ3n) is 1.94. The molecule has 1 fully saturated rings. The summed E-state index contributed by atoms with van der Waals surface area (Å²) in [5.74, 6) is 0. The lowest BCUT2D eigenvalue weighted by atomic mass is 9.97. The average Bonchev–Trinajstić information content (AvgIpc) is 2.01. The van der Waals surface area contributed by atoms with Crippen molar-refractivity contribution in [2.75, 3.05) is 13.2 Å². The number of piperidine rings is 1. The summed E-state index contributed by atoms with van der Waals surface area (Å²) in [4.78, 5) is 0. The topological polar surface area (TPSA) is 93.0 Å². The second-order valence-corrected chi connectivity index (χ2v) is 2.75. The summed E-state index contributed by atoms with van der Waals surface area (Å²) in [6.07, 6.45) is -3.20. The largest absolute Gasteiger partial charge is 0.395 e. The highest BCUT2D eigenvalue weighted by Gasteiger charge is 2.35. The van der Waals surface area contributed by atoms with Gasteiger partial charge in [-0.3, -0.25) is 0 Å². The van der Waals surface area contributed by atoms with Crippen LogP contribution < -0.4 is 5.32 Å². The molecular weight excluding hydrogens is 186 g/mol. The first-order chi connectivity index (χ1) is 5.16. The van der Waals surface area contributed by atoms with E-state index < -0.39 is 24.4 Å². The van der Waals surface area contributed by atoms with Gasteiger partial charge in [-0.15, -0.1) is 12.4 Å². The molecule has 1 aliphatic rings. The van der Waals surface area contributed by atoms with Gasteiger partial charge >= 0.3 is 0 Å². The first kappa shape index (κ1) is 12.1. The van der Waals surface area contributed by atoms with Crippen LogP contribution in [0, 0.1) is 0 Å².